The van der Waals surface area contributed by atoms with Gasteiger partial charge in [-0.05, 0) is 59.7 Å². The molecule has 0 saturated carbocycles. The summed E-state index contributed by atoms with van der Waals surface area (Å²) in [6.07, 6.45) is 0. The van der Waals surface area contributed by atoms with Crippen LogP contribution < -0.4 is 0 Å². The summed E-state index contributed by atoms with van der Waals surface area (Å²) in [4.78, 5) is -0.0189. The molecule has 0 spiro atoms. The fraction of sp³-hybridized carbons (Fsp3) is 0.100. The van der Waals surface area contributed by atoms with E-state index in [1.165, 1.54) is 48.5 Å². The van der Waals surface area contributed by atoms with Gasteiger partial charge in [0.25, 0.3) is 0 Å². The maximum Gasteiger partial charge on any atom is 0.181 e. The summed E-state index contributed by atoms with van der Waals surface area (Å²) in [5.41, 5.74) is -1.65. The Hall–Kier alpha value is -2.28. The van der Waals surface area contributed by atoms with Crippen molar-refractivity contribution >= 4 is 21.4 Å². The minimum Gasteiger partial charge on any atom is -0.379 e. The minimum absolute atomic E-state index is 0.0189. The molecular weight excluding hydrogens is 394 g/mol. The third kappa shape index (κ3) is 4.18. The summed E-state index contributed by atoms with van der Waals surface area (Å²) in [6, 6.07) is 15.3. The van der Waals surface area contributed by atoms with Gasteiger partial charge in [0.2, 0.25) is 0 Å². The molecule has 0 aromatic heterocycles. The van der Waals surface area contributed by atoms with E-state index in [9.17, 15) is 22.3 Å². The molecule has 0 unspecified atom stereocenters. The quantitative estimate of drug-likeness (QED) is 0.683. The van der Waals surface area contributed by atoms with E-state index in [0.29, 0.717) is 5.02 Å². The highest BCUT2D eigenvalue weighted by Gasteiger charge is 2.37. The van der Waals surface area contributed by atoms with Crippen LogP contribution in [0.15, 0.2) is 77.7 Å². The van der Waals surface area contributed by atoms with Gasteiger partial charge in [-0.15, -0.1) is 0 Å². The van der Waals surface area contributed by atoms with Gasteiger partial charge in [-0.1, -0.05) is 35.9 Å². The molecule has 0 fully saturated rings. The SMILES string of the molecule is O=S(=O)(CC(O)(c1ccc(F)cc1)c1ccc(F)cc1)c1ccc(Cl)cc1. The lowest BCUT2D eigenvalue weighted by Gasteiger charge is -2.29. The first kappa shape index (κ1) is 19.5. The zero-order valence-electron chi connectivity index (χ0n) is 13.9. The van der Waals surface area contributed by atoms with Crippen molar-refractivity contribution in [1.29, 1.82) is 0 Å². The molecule has 27 heavy (non-hydrogen) atoms. The molecule has 0 amide bonds. The lowest BCUT2D eigenvalue weighted by Crippen LogP contribution is -2.36. The topological polar surface area (TPSA) is 54.4 Å². The summed E-state index contributed by atoms with van der Waals surface area (Å²) < 4.78 is 52.4. The van der Waals surface area contributed by atoms with Crippen molar-refractivity contribution in [3.05, 3.63) is 101 Å². The molecule has 0 heterocycles. The molecule has 0 aliphatic heterocycles. The number of hydrogen-bond donors (Lipinski definition) is 1. The second-order valence-electron chi connectivity index (χ2n) is 6.09. The van der Waals surface area contributed by atoms with Crippen LogP contribution in [0.25, 0.3) is 0 Å². The Morgan fingerprint density at radius 1 is 0.778 bits per heavy atom. The molecule has 3 aromatic rings. The Labute approximate surface area is 160 Å². The van der Waals surface area contributed by atoms with Crippen LogP contribution in [-0.2, 0) is 15.4 Å². The number of aliphatic hydroxyl groups is 1. The minimum atomic E-state index is -3.95. The number of benzene rings is 3. The van der Waals surface area contributed by atoms with Crippen molar-refractivity contribution in [2.24, 2.45) is 0 Å². The summed E-state index contributed by atoms with van der Waals surface area (Å²) >= 11 is 5.80. The van der Waals surface area contributed by atoms with E-state index < -0.39 is 32.8 Å². The first-order valence-corrected chi connectivity index (χ1v) is 9.96. The zero-order valence-corrected chi connectivity index (χ0v) is 15.5. The van der Waals surface area contributed by atoms with Gasteiger partial charge in [-0.25, -0.2) is 17.2 Å². The number of hydrogen-bond acceptors (Lipinski definition) is 3. The van der Waals surface area contributed by atoms with E-state index in [2.05, 4.69) is 0 Å². The first-order chi connectivity index (χ1) is 12.7. The molecule has 3 nitrogen and oxygen atoms in total. The zero-order chi connectivity index (χ0) is 19.7. The van der Waals surface area contributed by atoms with Crippen LogP contribution >= 0.6 is 11.6 Å². The average Bonchev–Trinajstić information content (AvgIpc) is 2.62. The fourth-order valence-corrected chi connectivity index (χ4v) is 4.51. The van der Waals surface area contributed by atoms with Gasteiger partial charge in [0.15, 0.2) is 9.84 Å². The molecule has 140 valence electrons. The van der Waals surface area contributed by atoms with Gasteiger partial charge in [0.1, 0.15) is 17.2 Å². The van der Waals surface area contributed by atoms with Crippen molar-refractivity contribution in [2.75, 3.05) is 5.75 Å². The average molecular weight is 409 g/mol. The molecule has 1 N–H and O–H groups in total. The lowest BCUT2D eigenvalue weighted by molar-refractivity contribution is 0.105. The second-order valence-corrected chi connectivity index (χ2v) is 8.51. The molecule has 3 rings (SSSR count). The summed E-state index contributed by atoms with van der Waals surface area (Å²) in [7, 11) is -3.95. The van der Waals surface area contributed by atoms with Crippen molar-refractivity contribution in [3.63, 3.8) is 0 Å². The summed E-state index contributed by atoms with van der Waals surface area (Å²) in [5, 5.41) is 11.7. The van der Waals surface area contributed by atoms with Crippen LogP contribution in [-0.4, -0.2) is 19.3 Å². The molecule has 3 aromatic carbocycles. The largest absolute Gasteiger partial charge is 0.379 e. The highest BCUT2D eigenvalue weighted by atomic mass is 35.5. The second kappa shape index (κ2) is 7.38. The third-order valence-corrected chi connectivity index (χ3v) is 6.26. The number of halogens is 3. The van der Waals surface area contributed by atoms with Crippen molar-refractivity contribution in [2.45, 2.75) is 10.5 Å². The van der Waals surface area contributed by atoms with Crippen LogP contribution in [0.5, 0.6) is 0 Å². The molecule has 0 aliphatic carbocycles. The standard InChI is InChI=1S/C20H15ClF2O3S/c21-16-5-11-19(12-6-16)27(25,26)13-20(24,14-1-7-17(22)8-2-14)15-3-9-18(23)10-4-15/h1-12,24H,13H2. The maximum absolute atomic E-state index is 13.3. The van der Waals surface area contributed by atoms with E-state index in [1.807, 2.05) is 0 Å². The smallest absolute Gasteiger partial charge is 0.181 e. The Kier molecular flexibility index (Phi) is 5.33. The molecule has 0 aliphatic rings. The molecule has 0 atom stereocenters. The van der Waals surface area contributed by atoms with E-state index in [-0.39, 0.29) is 16.0 Å². The molecule has 7 heteroatoms. The van der Waals surface area contributed by atoms with Crippen LogP contribution in [0, 0.1) is 11.6 Å². The Bertz CT molecular complexity index is 987. The Morgan fingerprint density at radius 3 is 1.59 bits per heavy atom. The monoisotopic (exact) mass is 408 g/mol. The summed E-state index contributed by atoms with van der Waals surface area (Å²) in [6.45, 7) is 0. The van der Waals surface area contributed by atoms with Crippen molar-refractivity contribution in [3.8, 4) is 0 Å². The normalized spacial score (nSPS) is 12.1. The Morgan fingerprint density at radius 2 is 1.19 bits per heavy atom. The highest BCUT2D eigenvalue weighted by molar-refractivity contribution is 7.91. The van der Waals surface area contributed by atoms with Crippen molar-refractivity contribution in [1.82, 2.24) is 0 Å². The number of sulfone groups is 1. The molecule has 0 radical (unpaired) electrons. The molecular formula is C20H15ClF2O3S. The van der Waals surface area contributed by atoms with Gasteiger partial charge in [0, 0.05) is 5.02 Å². The third-order valence-electron chi connectivity index (χ3n) is 4.22. The van der Waals surface area contributed by atoms with Gasteiger partial charge >= 0.3 is 0 Å². The van der Waals surface area contributed by atoms with Gasteiger partial charge in [-0.3, -0.25) is 0 Å². The van der Waals surface area contributed by atoms with Gasteiger partial charge in [-0.2, -0.15) is 0 Å². The van der Waals surface area contributed by atoms with E-state index in [0.717, 1.165) is 24.3 Å². The van der Waals surface area contributed by atoms with Crippen LogP contribution in [0.1, 0.15) is 11.1 Å². The van der Waals surface area contributed by atoms with Gasteiger partial charge in [0.05, 0.1) is 10.6 Å². The predicted octanol–water partition coefficient (Wildman–Crippen LogP) is 4.33. The molecule has 0 saturated heterocycles. The fourth-order valence-electron chi connectivity index (χ4n) is 2.78. The first-order valence-electron chi connectivity index (χ1n) is 7.93. The van der Waals surface area contributed by atoms with E-state index >= 15 is 0 Å². The van der Waals surface area contributed by atoms with E-state index in [1.54, 1.807) is 0 Å². The summed E-state index contributed by atoms with van der Waals surface area (Å²) in [5.74, 6) is -1.76. The van der Waals surface area contributed by atoms with Crippen LogP contribution in [0.2, 0.25) is 5.02 Å². The maximum atomic E-state index is 13.3. The van der Waals surface area contributed by atoms with E-state index in [4.69, 9.17) is 11.6 Å². The van der Waals surface area contributed by atoms with Crippen molar-refractivity contribution < 1.29 is 22.3 Å². The van der Waals surface area contributed by atoms with Crippen LogP contribution in [0.4, 0.5) is 8.78 Å². The predicted molar refractivity (Wildman–Crippen MR) is 99.3 cm³/mol. The van der Waals surface area contributed by atoms with Crippen LogP contribution in [0.3, 0.4) is 0 Å². The molecule has 0 bridgehead atoms. The lowest BCUT2D eigenvalue weighted by atomic mass is 9.88. The van der Waals surface area contributed by atoms with Gasteiger partial charge < -0.3 is 5.11 Å². The highest BCUT2D eigenvalue weighted by Crippen LogP contribution is 2.33. The Balaban J connectivity index is 2.10. The number of rotatable bonds is 5.